The molecule has 2 aliphatic carbocycles. The van der Waals surface area contributed by atoms with Crippen LogP contribution in [0.15, 0.2) is 93.8 Å². The Hall–Kier alpha value is -3.46. The van der Waals surface area contributed by atoms with Gasteiger partial charge in [-0.2, -0.15) is 0 Å². The monoisotopic (exact) mass is 406 g/mol. The first-order valence-electron chi connectivity index (χ1n) is 10.9. The third-order valence-corrected chi connectivity index (χ3v) is 6.56. The number of rotatable bonds is 3. The molecule has 3 heteroatoms. The summed E-state index contributed by atoms with van der Waals surface area (Å²) in [6.45, 7) is 4.29. The molecule has 154 valence electrons. The van der Waals surface area contributed by atoms with Gasteiger partial charge in [0.15, 0.2) is 0 Å². The maximum absolute atomic E-state index is 12.0. The summed E-state index contributed by atoms with van der Waals surface area (Å²) in [6.07, 6.45) is 12.3. The van der Waals surface area contributed by atoms with Crippen molar-refractivity contribution < 1.29 is 0 Å². The molecule has 5 rings (SSSR count). The van der Waals surface area contributed by atoms with E-state index in [1.54, 1.807) is 6.07 Å². The van der Waals surface area contributed by atoms with Gasteiger partial charge in [-0.25, -0.2) is 0 Å². The molecule has 31 heavy (non-hydrogen) atoms. The normalized spacial score (nSPS) is 24.1. The number of fused-ring (bicyclic) bond motifs is 5. The Balaban J connectivity index is 1.57. The van der Waals surface area contributed by atoms with Crippen LogP contribution in [-0.2, 0) is 12.0 Å². The van der Waals surface area contributed by atoms with Gasteiger partial charge in [0, 0.05) is 35.9 Å². The van der Waals surface area contributed by atoms with Crippen molar-refractivity contribution in [3.05, 3.63) is 111 Å². The van der Waals surface area contributed by atoms with Gasteiger partial charge in [-0.05, 0) is 54.3 Å². The summed E-state index contributed by atoms with van der Waals surface area (Å²) in [5.41, 5.74) is 5.51. The quantitative estimate of drug-likeness (QED) is 0.422. The minimum Gasteiger partial charge on any atom is -0.326 e. The summed E-state index contributed by atoms with van der Waals surface area (Å²) in [5, 5.41) is 2.47. The Bertz CT molecular complexity index is 1330. The van der Waals surface area contributed by atoms with Gasteiger partial charge in [-0.1, -0.05) is 66.3 Å². The SMILES string of the molecule is C/C=C1\[C@H]2C=C(C)C[C@]1(N=C/C=C/c1cccc3ccccc13)c1ccc(=O)[nH]c1C2. The number of pyridine rings is 1. The van der Waals surface area contributed by atoms with E-state index in [2.05, 4.69) is 79.5 Å². The number of hydrogen-bond acceptors (Lipinski definition) is 2. The highest BCUT2D eigenvalue weighted by atomic mass is 16.1. The van der Waals surface area contributed by atoms with E-state index in [-0.39, 0.29) is 11.5 Å². The molecule has 0 unspecified atom stereocenters. The zero-order chi connectivity index (χ0) is 21.4. The second kappa shape index (κ2) is 7.66. The van der Waals surface area contributed by atoms with Crippen LogP contribution in [0.4, 0.5) is 0 Å². The van der Waals surface area contributed by atoms with Gasteiger partial charge in [-0.3, -0.25) is 9.79 Å². The van der Waals surface area contributed by atoms with Crippen molar-refractivity contribution in [2.75, 3.05) is 0 Å². The van der Waals surface area contributed by atoms with E-state index < -0.39 is 5.54 Å². The summed E-state index contributed by atoms with van der Waals surface area (Å²) >= 11 is 0. The van der Waals surface area contributed by atoms with Crippen LogP contribution in [0.25, 0.3) is 16.8 Å². The summed E-state index contributed by atoms with van der Waals surface area (Å²) in [4.78, 5) is 20.2. The lowest BCUT2D eigenvalue weighted by Crippen LogP contribution is -2.40. The van der Waals surface area contributed by atoms with Gasteiger partial charge in [-0.15, -0.1) is 0 Å². The molecule has 1 aromatic heterocycles. The summed E-state index contributed by atoms with van der Waals surface area (Å²) < 4.78 is 0. The Morgan fingerprint density at radius 3 is 2.81 bits per heavy atom. The average Bonchev–Trinajstić information content (AvgIpc) is 2.76. The topological polar surface area (TPSA) is 45.2 Å². The minimum absolute atomic E-state index is 0.0450. The van der Waals surface area contributed by atoms with E-state index in [0.717, 1.165) is 24.1 Å². The Kier molecular flexibility index (Phi) is 4.82. The molecule has 0 radical (unpaired) electrons. The van der Waals surface area contributed by atoms with Crippen LogP contribution in [0.2, 0.25) is 0 Å². The van der Waals surface area contributed by atoms with Crippen molar-refractivity contribution in [1.82, 2.24) is 4.98 Å². The zero-order valence-electron chi connectivity index (χ0n) is 17.9. The van der Waals surface area contributed by atoms with Crippen molar-refractivity contribution in [3.63, 3.8) is 0 Å². The minimum atomic E-state index is -0.445. The van der Waals surface area contributed by atoms with Crippen molar-refractivity contribution in [2.24, 2.45) is 10.9 Å². The molecule has 2 bridgehead atoms. The molecule has 0 amide bonds. The molecular formula is C28H26N2O. The van der Waals surface area contributed by atoms with E-state index >= 15 is 0 Å². The van der Waals surface area contributed by atoms with Gasteiger partial charge < -0.3 is 4.98 Å². The molecule has 3 nitrogen and oxygen atoms in total. The highest BCUT2D eigenvalue weighted by Crippen LogP contribution is 2.51. The summed E-state index contributed by atoms with van der Waals surface area (Å²) in [7, 11) is 0. The first kappa shape index (κ1) is 19.5. The number of aromatic amines is 1. The fraction of sp³-hybridized carbons (Fsp3) is 0.214. The van der Waals surface area contributed by atoms with Crippen molar-refractivity contribution in [2.45, 2.75) is 32.2 Å². The van der Waals surface area contributed by atoms with E-state index in [4.69, 9.17) is 4.99 Å². The standard InChI is InChI=1S/C28H26N2O/c1-3-24-22-16-19(2)18-28(24,25-13-14-27(31)30-26(25)17-22)29-15-7-11-21-10-6-9-20-8-4-5-12-23(20)21/h3-16,22H,17-18H2,1-2H3,(H,30,31)/b11-7+,24-3+,29-15?/t22-,28+/m0/s1. The van der Waals surface area contributed by atoms with Crippen LogP contribution in [0.3, 0.4) is 0 Å². The van der Waals surface area contributed by atoms with Gasteiger partial charge in [0.1, 0.15) is 5.54 Å². The second-order valence-corrected chi connectivity index (χ2v) is 8.53. The van der Waals surface area contributed by atoms with E-state index in [9.17, 15) is 4.79 Å². The molecule has 0 saturated carbocycles. The molecular weight excluding hydrogens is 380 g/mol. The molecule has 2 atom stereocenters. The highest BCUT2D eigenvalue weighted by molar-refractivity contribution is 5.92. The average molecular weight is 407 g/mol. The van der Waals surface area contributed by atoms with Crippen LogP contribution in [0, 0.1) is 5.92 Å². The fourth-order valence-electron chi connectivity index (χ4n) is 5.37. The van der Waals surface area contributed by atoms with Crippen LogP contribution >= 0.6 is 0 Å². The number of hydrogen-bond donors (Lipinski definition) is 1. The summed E-state index contributed by atoms with van der Waals surface area (Å²) in [6, 6.07) is 18.4. The molecule has 2 aliphatic rings. The zero-order valence-corrected chi connectivity index (χ0v) is 17.9. The number of benzene rings is 2. The predicted molar refractivity (Wildman–Crippen MR) is 130 cm³/mol. The fourth-order valence-corrected chi connectivity index (χ4v) is 5.37. The number of aliphatic imine (C=N–C) groups is 1. The van der Waals surface area contributed by atoms with Gasteiger partial charge >= 0.3 is 0 Å². The van der Waals surface area contributed by atoms with Crippen LogP contribution in [-0.4, -0.2) is 11.2 Å². The molecule has 0 spiro atoms. The lowest BCUT2D eigenvalue weighted by molar-refractivity contribution is 0.413. The van der Waals surface area contributed by atoms with Crippen LogP contribution < -0.4 is 5.56 Å². The smallest absolute Gasteiger partial charge is 0.248 e. The molecule has 0 fully saturated rings. The van der Waals surface area contributed by atoms with Crippen molar-refractivity contribution in [1.29, 1.82) is 0 Å². The number of H-pyrrole nitrogens is 1. The lowest BCUT2D eigenvalue weighted by Gasteiger charge is -2.45. The van der Waals surface area contributed by atoms with E-state index in [0.29, 0.717) is 0 Å². The Labute approximate surface area is 182 Å². The third-order valence-electron chi connectivity index (χ3n) is 6.56. The van der Waals surface area contributed by atoms with Crippen molar-refractivity contribution in [3.8, 4) is 0 Å². The summed E-state index contributed by atoms with van der Waals surface area (Å²) in [5.74, 6) is 0.281. The van der Waals surface area contributed by atoms with Gasteiger partial charge in [0.05, 0.1) is 0 Å². The number of nitrogens with one attached hydrogen (secondary N) is 1. The molecule has 2 aromatic carbocycles. The van der Waals surface area contributed by atoms with Crippen LogP contribution in [0.5, 0.6) is 0 Å². The van der Waals surface area contributed by atoms with E-state index in [1.807, 2.05) is 18.4 Å². The van der Waals surface area contributed by atoms with Gasteiger partial charge in [0.25, 0.3) is 0 Å². The largest absolute Gasteiger partial charge is 0.326 e. The molecule has 0 aliphatic heterocycles. The molecule has 1 heterocycles. The lowest BCUT2D eigenvalue weighted by atomic mass is 9.63. The molecule has 3 aromatic rings. The Morgan fingerprint density at radius 1 is 1.10 bits per heavy atom. The van der Waals surface area contributed by atoms with Crippen molar-refractivity contribution >= 4 is 23.1 Å². The number of allylic oxidation sites excluding steroid dienone is 3. The number of aromatic nitrogens is 1. The van der Waals surface area contributed by atoms with Gasteiger partial charge in [0.2, 0.25) is 5.56 Å². The molecule has 1 N–H and O–H groups in total. The highest BCUT2D eigenvalue weighted by Gasteiger charge is 2.46. The second-order valence-electron chi connectivity index (χ2n) is 8.53. The third kappa shape index (κ3) is 3.31. The maximum Gasteiger partial charge on any atom is 0.248 e. The molecule has 0 saturated heterocycles. The predicted octanol–water partition coefficient (Wildman–Crippen LogP) is 5.98. The maximum atomic E-state index is 12.0. The first-order chi connectivity index (χ1) is 15.1. The first-order valence-corrected chi connectivity index (χ1v) is 10.9. The van der Waals surface area contributed by atoms with E-state index in [1.165, 1.54) is 27.5 Å². The Morgan fingerprint density at radius 2 is 1.94 bits per heavy atom. The van der Waals surface area contributed by atoms with Crippen LogP contribution in [0.1, 0.15) is 37.1 Å². The number of nitrogens with zero attached hydrogens (tertiary/aromatic N) is 1.